The summed E-state index contributed by atoms with van der Waals surface area (Å²) < 4.78 is 73.0. The summed E-state index contributed by atoms with van der Waals surface area (Å²) in [6.45, 7) is 13.4. The van der Waals surface area contributed by atoms with Gasteiger partial charge in [-0.15, -0.1) is 0 Å². The molecule has 14 aromatic rings. The Morgan fingerprint density at radius 1 is 0.452 bits per heavy atom. The van der Waals surface area contributed by atoms with Gasteiger partial charge in [0.2, 0.25) is 0 Å². The fraction of sp³-hybridized carbons (Fsp3) is 0.173. The van der Waals surface area contributed by atoms with Crippen LogP contribution < -0.4 is 153 Å². The summed E-state index contributed by atoms with van der Waals surface area (Å²) in [6, 6.07) is 35.1. The first-order valence-electron chi connectivity index (χ1n) is 34.2. The Labute approximate surface area is 862 Å². The van der Waals surface area contributed by atoms with Crippen molar-refractivity contribution in [1.29, 1.82) is 0 Å². The Bertz CT molecular complexity index is 5110. The zero-order chi connectivity index (χ0) is 89.7. The molecule has 0 aliphatic heterocycles. The fourth-order valence-electron chi connectivity index (χ4n) is 9.04. The van der Waals surface area contributed by atoms with Crippen LogP contribution in [0.15, 0.2) is 224 Å². The molecule has 9 N–H and O–H groups in total. The number of hydrogen-bond donors (Lipinski definition) is 7. The fourth-order valence-corrected chi connectivity index (χ4v) is 9.98. The summed E-state index contributed by atoms with van der Waals surface area (Å²) >= 11 is 17.9. The molecule has 2 radical (unpaired) electrons. The number of aldehydes is 2. The first-order chi connectivity index (χ1) is 57.6. The standard InChI is InChI=1S/C12H11ClN2O2.C12H12N2O2.C11H13N3O.C11H12N2O2.C8H7FO2.C7H8BrNO.C7H7BrO2.3C4H6N2.CH2O3.4Cu.2K.2O.H/c1-8-6-15(7-14-8)10-4-3-9(12(13)16)5-11(10)17-2;1-9-6-14(8-13-9)11-4-3-10(7-15)5-12(11)16-2;1-8-6-14(7-13-8)10-4-3-9(12)5-11(10)15-2;1-8-6-13(7-12-8)10-4-3-9(14)5-11(10)15-2;1-11-8-4-6(5-10)2-3-7(8)9;2*1-10-7-4-5(9)2-3-6(7)8;3*1-4-2-5-3-6-4;2-1-4-3;;;;;;;;;/h3-7H,1-2H3;3-8H,1-2H3;3-7H,12H2,1-2H3;3-7,14H,1-2H3;2-5H,1H3;2-4H,9H2,1H3;2-4,9H,1H3;3*2-3H,1H3,(H,5,6);1,3H;;;;;;;;;/q;;;;;;;;;;;;;;;2*+1;;;-1/p-1. The number of halogens is 4. The van der Waals surface area contributed by atoms with Crippen molar-refractivity contribution in [2.75, 3.05) is 61.2 Å². The molecule has 43 heteroatoms. The van der Waals surface area contributed by atoms with Crippen LogP contribution in [0.2, 0.25) is 0 Å². The number of nitrogens with zero attached hydrogens (tertiary/aromatic N) is 11. The molecule has 0 spiro atoms. The maximum absolute atomic E-state index is 12.7. The van der Waals surface area contributed by atoms with Gasteiger partial charge in [0.15, 0.2) is 11.6 Å². The van der Waals surface area contributed by atoms with E-state index in [1.165, 1.54) is 25.3 Å². The van der Waals surface area contributed by atoms with Crippen molar-refractivity contribution in [2.24, 2.45) is 0 Å². The van der Waals surface area contributed by atoms with Gasteiger partial charge in [0.05, 0.1) is 149 Å². The molecule has 14 rings (SSSR count). The van der Waals surface area contributed by atoms with Gasteiger partial charge >= 0.3 is 142 Å². The number of carbonyl (C=O) groups is 4. The van der Waals surface area contributed by atoms with Crippen molar-refractivity contribution in [2.45, 2.75) is 48.5 Å². The third-order valence-electron chi connectivity index (χ3n) is 14.6. The molecule has 7 heterocycles. The number of nitrogens with one attached hydrogen (secondary N) is 3. The zero-order valence-corrected chi connectivity index (χ0v) is 83.7. The van der Waals surface area contributed by atoms with Gasteiger partial charge in [-0.3, -0.25) is 19.2 Å². The van der Waals surface area contributed by atoms with E-state index in [0.717, 1.165) is 89.3 Å². The number of phenolic OH excluding ortho intramolecular Hbond substituents is 2. The van der Waals surface area contributed by atoms with Crippen molar-refractivity contribution in [3.63, 3.8) is 0 Å². The van der Waals surface area contributed by atoms with E-state index in [4.69, 9.17) is 74.3 Å². The minimum absolute atomic E-state index is 0. The molecule has 0 fully saturated rings. The van der Waals surface area contributed by atoms with E-state index in [2.05, 4.69) is 123 Å². The summed E-state index contributed by atoms with van der Waals surface area (Å²) in [4.78, 5) is 79.7. The Morgan fingerprint density at radius 2 is 0.734 bits per heavy atom. The Hall–Kier alpha value is -8.62. The first kappa shape index (κ1) is 120. The molecule has 0 aliphatic rings. The number of rotatable bonds is 15. The third kappa shape index (κ3) is 45.0. The molecule has 670 valence electrons. The van der Waals surface area contributed by atoms with Gasteiger partial charge in [-0.05, 0) is 195 Å². The van der Waals surface area contributed by atoms with Crippen molar-refractivity contribution in [3.8, 4) is 74.5 Å². The monoisotopic (exact) mass is 2100 g/mol. The Balaban J connectivity index is -0.000000651. The number of aromatic amines is 3. The number of carbonyl (C=O) groups excluding carboxylic acids is 4. The van der Waals surface area contributed by atoms with Crippen molar-refractivity contribution in [3.05, 3.63) is 286 Å². The number of aryl methyl sites for hydroxylation is 7. The number of hydrogen-bond acceptors (Lipinski definition) is 26. The topological polar surface area (TPSA) is 449 Å². The van der Waals surface area contributed by atoms with Gasteiger partial charge in [0, 0.05) is 147 Å². The molecule has 7 aromatic heterocycles. The van der Waals surface area contributed by atoms with E-state index in [0.29, 0.717) is 57.3 Å². The molecule has 33 nitrogen and oxygen atoms in total. The van der Waals surface area contributed by atoms with Crippen LogP contribution in [0.5, 0.6) is 51.7 Å². The number of H-pyrrole nitrogens is 3. The second-order valence-electron chi connectivity index (χ2n) is 23.3. The van der Waals surface area contributed by atoms with Crippen molar-refractivity contribution >= 4 is 79.1 Å². The van der Waals surface area contributed by atoms with Crippen LogP contribution in [0, 0.1) is 54.3 Å². The molecule has 7 aromatic carbocycles. The van der Waals surface area contributed by atoms with Crippen LogP contribution in [0.4, 0.5) is 15.8 Å². The Morgan fingerprint density at radius 3 is 1.03 bits per heavy atom. The quantitative estimate of drug-likeness (QED) is 0.0126. The Kier molecular flexibility index (Phi) is 66.1. The van der Waals surface area contributed by atoms with Crippen LogP contribution in [-0.2, 0) is 83.4 Å². The van der Waals surface area contributed by atoms with Crippen molar-refractivity contribution < 1.29 is 255 Å². The number of ether oxygens (including phenoxy) is 7. The number of nitrogen functional groups attached to an aromatic ring is 2. The number of aromatic hydroxyl groups is 2. The maximum atomic E-state index is 12.7. The average molecular weight is 2110 g/mol. The normalized spacial score (nSPS) is 9.09. The summed E-state index contributed by atoms with van der Waals surface area (Å²) in [5.41, 5.74) is 24.5. The van der Waals surface area contributed by atoms with Gasteiger partial charge in [-0.1, -0.05) is 0 Å². The van der Waals surface area contributed by atoms with Gasteiger partial charge < -0.3 is 99.6 Å². The van der Waals surface area contributed by atoms with Crippen molar-refractivity contribution in [1.82, 2.24) is 68.1 Å². The number of nitrogens with two attached hydrogens (primary N) is 2. The second-order valence-corrected chi connectivity index (χ2v) is 25.4. The van der Waals surface area contributed by atoms with Gasteiger partial charge in [0.25, 0.3) is 11.7 Å². The molecule has 0 saturated heterocycles. The average Bonchev–Trinajstić information content (AvgIpc) is 1.76. The first-order valence-corrected chi connectivity index (χ1v) is 36.9. The summed E-state index contributed by atoms with van der Waals surface area (Å²) in [5, 5.41) is 26.2. The van der Waals surface area contributed by atoms with E-state index in [9.17, 15) is 23.9 Å². The van der Waals surface area contributed by atoms with E-state index in [1.807, 2.05) is 122 Å². The predicted octanol–water partition coefficient (Wildman–Crippen LogP) is 8.55. The van der Waals surface area contributed by atoms with Crippen LogP contribution in [0.1, 0.15) is 72.4 Å². The van der Waals surface area contributed by atoms with Crippen LogP contribution in [0.25, 0.3) is 22.7 Å². The number of anilines is 2. The van der Waals surface area contributed by atoms with Gasteiger partial charge in [0.1, 0.15) is 58.6 Å². The molecule has 0 amide bonds. The number of methoxy groups -OCH3 is 7. The third-order valence-corrected chi connectivity index (χ3v) is 16.2. The van der Waals surface area contributed by atoms with Gasteiger partial charge in [-0.2, -0.15) is 0 Å². The zero-order valence-electron chi connectivity index (χ0n) is 70.7. The summed E-state index contributed by atoms with van der Waals surface area (Å²) in [7, 11) is 10.8. The summed E-state index contributed by atoms with van der Waals surface area (Å²) in [5.74, 6) is 4.02. The minimum atomic E-state index is -0.503. The second kappa shape index (κ2) is 68.6. The molecule has 0 atom stereocenters. The molecule has 0 bridgehead atoms. The predicted molar refractivity (Wildman–Crippen MR) is 446 cm³/mol. The van der Waals surface area contributed by atoms with E-state index < -0.39 is 11.1 Å². The van der Waals surface area contributed by atoms with E-state index >= 15 is 0 Å². The van der Waals surface area contributed by atoms with Crippen LogP contribution in [-0.4, -0.2) is 152 Å². The molecular formula is C81H90Br2ClCu4FK2N16O17. The molecule has 0 saturated carbocycles. The SMILES string of the molecule is COc1cc(C(=O)Cl)ccc1-n1cnc(C)c1.COc1cc(C=O)ccc1-n1cnc(C)c1.COc1cc(C=O)ccc1F.COc1cc(N)ccc1-n1cnc(C)c1.COc1cc(N)ccc1Br.COc1cc(O)ccc1-n1cnc(C)c1.COc1cc(O)ccc1Br.Cc1cnc[nH]1.Cc1cnc[nH]1.Cc1cnc[nH]1.O=CO[O-].[Cu].[Cu].[H-].[K+].[K+].[O]=[Cu].[O]=[Cu]. The van der Waals surface area contributed by atoms with Crippen LogP contribution in [0.3, 0.4) is 0 Å². The van der Waals surface area contributed by atoms with Crippen LogP contribution >= 0.6 is 43.5 Å². The molecular weight excluding hydrogens is 2020 g/mol. The summed E-state index contributed by atoms with van der Waals surface area (Å²) in [6.07, 6.45) is 26.2. The number of phenols is 2. The van der Waals surface area contributed by atoms with E-state index in [1.54, 1.807) is 184 Å². The number of aromatic nitrogens is 14. The molecule has 0 aliphatic carbocycles. The van der Waals surface area contributed by atoms with E-state index in [-0.39, 0.29) is 162 Å². The molecule has 124 heavy (non-hydrogen) atoms. The number of imidazole rings is 7. The van der Waals surface area contributed by atoms with Gasteiger partial charge in [-0.25, -0.2) is 39.3 Å². The molecule has 0 unspecified atom stereocenters. The number of benzene rings is 7.